The Labute approximate surface area is 223 Å². The Bertz CT molecular complexity index is 1050. The molecule has 0 spiro atoms. The van der Waals surface area contributed by atoms with E-state index < -0.39 is 6.16 Å². The van der Waals surface area contributed by atoms with Crippen LogP contribution in [0, 0.1) is 5.92 Å². The molecule has 8 heteroatoms. The average Bonchev–Trinajstić information content (AvgIpc) is 2.93. The highest BCUT2D eigenvalue weighted by Crippen LogP contribution is 2.19. The number of cyclic esters (lactones) is 2. The second-order valence-electron chi connectivity index (χ2n) is 9.29. The maximum absolute atomic E-state index is 12.8. The smallest absolute Gasteiger partial charge is 0.494 e. The molecule has 0 N–H and O–H groups in total. The third kappa shape index (κ3) is 9.92. The van der Waals surface area contributed by atoms with E-state index in [1.165, 1.54) is 0 Å². The summed E-state index contributed by atoms with van der Waals surface area (Å²) in [6.45, 7) is 7.50. The molecule has 38 heavy (non-hydrogen) atoms. The molecule has 2 aromatic rings. The van der Waals surface area contributed by atoms with Gasteiger partial charge in [-0.05, 0) is 94.0 Å². The number of ether oxygens (including phenoxy) is 5. The van der Waals surface area contributed by atoms with Gasteiger partial charge in [-0.1, -0.05) is 6.58 Å². The average molecular weight is 525 g/mol. The van der Waals surface area contributed by atoms with Gasteiger partial charge in [-0.15, -0.1) is 0 Å². The topological polar surface area (TPSA) is 97.4 Å². The molecule has 204 valence electrons. The molecule has 1 aliphatic heterocycles. The lowest BCUT2D eigenvalue weighted by molar-refractivity contribution is -0.139. The van der Waals surface area contributed by atoms with Gasteiger partial charge < -0.3 is 23.7 Å². The van der Waals surface area contributed by atoms with E-state index in [0.717, 1.165) is 44.3 Å². The zero-order chi connectivity index (χ0) is 27.2. The first-order valence-electron chi connectivity index (χ1n) is 13.0. The Morgan fingerprint density at radius 3 is 1.82 bits per heavy atom. The molecule has 0 saturated carbocycles. The van der Waals surface area contributed by atoms with Crippen molar-refractivity contribution in [3.05, 3.63) is 71.8 Å². The normalized spacial score (nSPS) is 13.2. The van der Waals surface area contributed by atoms with E-state index in [1.807, 2.05) is 0 Å². The van der Waals surface area contributed by atoms with E-state index in [9.17, 15) is 14.4 Å². The van der Waals surface area contributed by atoms with Crippen LogP contribution in [0.2, 0.25) is 0 Å². The maximum Gasteiger partial charge on any atom is 0.508 e. The monoisotopic (exact) mass is 524 g/mol. The predicted octanol–water partition coefficient (Wildman–Crippen LogP) is 5.92. The van der Waals surface area contributed by atoms with Gasteiger partial charge in [0.1, 0.15) is 24.7 Å². The van der Waals surface area contributed by atoms with Crippen LogP contribution in [-0.2, 0) is 19.0 Å². The van der Waals surface area contributed by atoms with Crippen LogP contribution in [0.25, 0.3) is 0 Å². The van der Waals surface area contributed by atoms with Gasteiger partial charge >= 0.3 is 12.1 Å². The minimum atomic E-state index is -0.600. The van der Waals surface area contributed by atoms with Crippen LogP contribution in [0.5, 0.6) is 11.5 Å². The van der Waals surface area contributed by atoms with Crippen LogP contribution in [0.15, 0.2) is 60.7 Å². The molecule has 0 amide bonds. The van der Waals surface area contributed by atoms with E-state index >= 15 is 0 Å². The number of hydrogen-bond acceptors (Lipinski definition) is 8. The number of ketones is 1. The van der Waals surface area contributed by atoms with E-state index in [4.69, 9.17) is 23.7 Å². The second kappa shape index (κ2) is 15.4. The Morgan fingerprint density at radius 2 is 1.29 bits per heavy atom. The SMILES string of the molecule is C=C(C)C(=O)OCCCCCCOc1ccc(C(=O)c2ccc(OCCCC3COC(=O)OC3)cc2)cc1. The lowest BCUT2D eigenvalue weighted by Gasteiger charge is -2.21. The standard InChI is InChI=1S/C30H36O8/c1-22(2)29(32)36-18-6-4-3-5-17-34-26-13-9-24(10-14-26)28(31)25-11-15-27(16-12-25)35-19-7-8-23-20-37-30(33)38-21-23/h9-16,23H,1,3-8,17-21H2,2H3. The molecule has 3 rings (SSSR count). The van der Waals surface area contributed by atoms with Gasteiger partial charge in [0.05, 0.1) is 19.8 Å². The first-order valence-corrected chi connectivity index (χ1v) is 13.0. The highest BCUT2D eigenvalue weighted by molar-refractivity contribution is 6.09. The van der Waals surface area contributed by atoms with Crippen molar-refractivity contribution in [2.75, 3.05) is 33.0 Å². The third-order valence-electron chi connectivity index (χ3n) is 6.02. The Hall–Kier alpha value is -3.81. The first-order chi connectivity index (χ1) is 18.4. The fraction of sp³-hybridized carbons (Fsp3) is 0.433. The van der Waals surface area contributed by atoms with Crippen LogP contribution in [0.1, 0.15) is 61.4 Å². The minimum absolute atomic E-state index is 0.0673. The van der Waals surface area contributed by atoms with Crippen molar-refractivity contribution in [1.29, 1.82) is 0 Å². The summed E-state index contributed by atoms with van der Waals surface area (Å²) in [5.41, 5.74) is 1.59. The zero-order valence-corrected chi connectivity index (χ0v) is 21.9. The number of hydrogen-bond donors (Lipinski definition) is 0. The number of benzene rings is 2. The quantitative estimate of drug-likeness (QED) is 0.116. The highest BCUT2D eigenvalue weighted by atomic mass is 16.7. The summed E-state index contributed by atoms with van der Waals surface area (Å²) in [5.74, 6) is 1.21. The maximum atomic E-state index is 12.8. The van der Waals surface area contributed by atoms with Gasteiger partial charge in [0, 0.05) is 22.6 Å². The molecule has 2 aromatic carbocycles. The molecule has 8 nitrogen and oxygen atoms in total. The number of unbranched alkanes of at least 4 members (excludes halogenated alkanes) is 3. The molecule has 0 unspecified atom stereocenters. The third-order valence-corrected chi connectivity index (χ3v) is 6.02. The summed E-state index contributed by atoms with van der Waals surface area (Å²) >= 11 is 0. The number of esters is 1. The predicted molar refractivity (Wildman–Crippen MR) is 142 cm³/mol. The van der Waals surface area contributed by atoms with Gasteiger partial charge in [0.2, 0.25) is 0 Å². The Kier molecular flexibility index (Phi) is 11.7. The van der Waals surface area contributed by atoms with Crippen molar-refractivity contribution >= 4 is 17.9 Å². The molecule has 1 heterocycles. The molecule has 0 atom stereocenters. The molecular formula is C30H36O8. The van der Waals surface area contributed by atoms with Crippen molar-refractivity contribution in [2.45, 2.75) is 45.4 Å². The zero-order valence-electron chi connectivity index (χ0n) is 21.9. The number of carbonyl (C=O) groups is 3. The van der Waals surface area contributed by atoms with E-state index in [1.54, 1.807) is 55.5 Å². The Balaban J connectivity index is 1.30. The fourth-order valence-corrected chi connectivity index (χ4v) is 3.80. The van der Waals surface area contributed by atoms with Crippen molar-refractivity contribution < 1.29 is 38.1 Å². The molecule has 1 saturated heterocycles. The van der Waals surface area contributed by atoms with E-state index in [2.05, 4.69) is 6.58 Å². The molecule has 1 aliphatic rings. The van der Waals surface area contributed by atoms with Crippen LogP contribution in [0.4, 0.5) is 4.79 Å². The molecule has 0 bridgehead atoms. The van der Waals surface area contributed by atoms with Gasteiger partial charge in [-0.2, -0.15) is 0 Å². The lowest BCUT2D eigenvalue weighted by Crippen LogP contribution is -2.27. The van der Waals surface area contributed by atoms with Crippen LogP contribution in [0.3, 0.4) is 0 Å². The van der Waals surface area contributed by atoms with Crippen molar-refractivity contribution in [3.63, 3.8) is 0 Å². The second-order valence-corrected chi connectivity index (χ2v) is 9.29. The Morgan fingerprint density at radius 1 is 0.789 bits per heavy atom. The fourth-order valence-electron chi connectivity index (χ4n) is 3.80. The summed E-state index contributed by atoms with van der Waals surface area (Å²) in [5, 5.41) is 0. The number of rotatable bonds is 16. The minimum Gasteiger partial charge on any atom is -0.494 e. The van der Waals surface area contributed by atoms with Crippen LogP contribution in [-0.4, -0.2) is 50.9 Å². The molecule has 0 radical (unpaired) electrons. The number of carbonyl (C=O) groups excluding carboxylic acids is 3. The molecule has 0 aliphatic carbocycles. The molecular weight excluding hydrogens is 488 g/mol. The molecule has 1 fully saturated rings. The summed E-state index contributed by atoms with van der Waals surface area (Å²) in [7, 11) is 0. The summed E-state index contributed by atoms with van der Waals surface area (Å²) < 4.78 is 26.4. The summed E-state index contributed by atoms with van der Waals surface area (Å²) in [6.07, 6.45) is 4.71. The van der Waals surface area contributed by atoms with E-state index in [0.29, 0.717) is 55.5 Å². The highest BCUT2D eigenvalue weighted by Gasteiger charge is 2.20. The largest absolute Gasteiger partial charge is 0.508 e. The first kappa shape index (κ1) is 28.8. The van der Waals surface area contributed by atoms with Gasteiger partial charge in [0.25, 0.3) is 0 Å². The van der Waals surface area contributed by atoms with Gasteiger partial charge in [-0.25, -0.2) is 9.59 Å². The summed E-state index contributed by atoms with van der Waals surface area (Å²) in [4.78, 5) is 35.0. The van der Waals surface area contributed by atoms with Crippen LogP contribution < -0.4 is 9.47 Å². The lowest BCUT2D eigenvalue weighted by atomic mass is 10.0. The van der Waals surface area contributed by atoms with Crippen molar-refractivity contribution in [1.82, 2.24) is 0 Å². The van der Waals surface area contributed by atoms with Gasteiger partial charge in [-0.3, -0.25) is 4.79 Å². The van der Waals surface area contributed by atoms with Crippen LogP contribution >= 0.6 is 0 Å². The van der Waals surface area contributed by atoms with Gasteiger partial charge in [0.15, 0.2) is 5.78 Å². The van der Waals surface area contributed by atoms with Crippen molar-refractivity contribution in [3.8, 4) is 11.5 Å². The summed E-state index contributed by atoms with van der Waals surface area (Å²) in [6, 6.07) is 14.3. The van der Waals surface area contributed by atoms with Crippen molar-refractivity contribution in [2.24, 2.45) is 5.92 Å². The molecule has 0 aromatic heterocycles. The van der Waals surface area contributed by atoms with E-state index in [-0.39, 0.29) is 17.7 Å².